The van der Waals surface area contributed by atoms with Crippen molar-refractivity contribution in [3.05, 3.63) is 67.7 Å². The van der Waals surface area contributed by atoms with Gasteiger partial charge in [-0.2, -0.15) is 0 Å². The van der Waals surface area contributed by atoms with Crippen molar-refractivity contribution in [3.63, 3.8) is 0 Å². The molecule has 0 N–H and O–H groups in total. The molecule has 0 aromatic rings. The second-order valence-corrected chi connectivity index (χ2v) is 2.80. The summed E-state index contributed by atoms with van der Waals surface area (Å²) in [5.74, 6) is 0. The third-order valence-corrected chi connectivity index (χ3v) is 1.56. The minimum Gasteiger partial charge on any atom is -0.0991 e. The van der Waals surface area contributed by atoms with Crippen molar-refractivity contribution in [2.75, 3.05) is 0 Å². The molecule has 0 aliphatic heterocycles. The van der Waals surface area contributed by atoms with E-state index in [1.165, 1.54) is 0 Å². The maximum absolute atomic E-state index is 3.58. The molecule has 0 aliphatic rings. The third-order valence-electron chi connectivity index (χ3n) is 1.56. The van der Waals surface area contributed by atoms with Gasteiger partial charge < -0.3 is 0 Å². The minimum atomic E-state index is 1.13. The fourth-order valence-electron chi connectivity index (χ4n) is 0.837. The predicted molar refractivity (Wildman–Crippen MR) is 66.0 cm³/mol. The normalized spacial score (nSPS) is 12.6. The molecule has 0 heterocycles. The lowest BCUT2D eigenvalue weighted by molar-refractivity contribution is 0.973. The van der Waals surface area contributed by atoms with E-state index in [4.69, 9.17) is 0 Å². The van der Waals surface area contributed by atoms with E-state index < -0.39 is 0 Å². The molecule has 0 nitrogen and oxygen atoms in total. The second kappa shape index (κ2) is 11.7. The maximum atomic E-state index is 3.58. The molecule has 0 amide bonds. The van der Waals surface area contributed by atoms with Gasteiger partial charge in [-0.1, -0.05) is 68.2 Å². The molecular weight excluding hydrogens is 168 g/mol. The van der Waals surface area contributed by atoms with E-state index in [1.807, 2.05) is 36.5 Å². The fourth-order valence-corrected chi connectivity index (χ4v) is 0.837. The highest BCUT2D eigenvalue weighted by Gasteiger charge is 1.74. The first-order valence-electron chi connectivity index (χ1n) is 4.97. The van der Waals surface area contributed by atoms with Gasteiger partial charge >= 0.3 is 0 Å². The van der Waals surface area contributed by atoms with E-state index in [0.717, 1.165) is 12.8 Å². The van der Waals surface area contributed by atoms with Crippen molar-refractivity contribution < 1.29 is 0 Å². The number of hydrogen-bond donors (Lipinski definition) is 0. The van der Waals surface area contributed by atoms with Crippen molar-refractivity contribution in [2.24, 2.45) is 0 Å². The van der Waals surface area contributed by atoms with Crippen LogP contribution in [0.4, 0.5) is 0 Å². The van der Waals surface area contributed by atoms with Crippen LogP contribution in [0.1, 0.15) is 19.8 Å². The van der Waals surface area contributed by atoms with Crippen molar-refractivity contribution in [3.8, 4) is 0 Å². The Hall–Kier alpha value is -1.30. The molecule has 0 atom stereocenters. The predicted octanol–water partition coefficient (Wildman–Crippen LogP) is 4.40. The smallest absolute Gasteiger partial charge is 0.0345 e. The van der Waals surface area contributed by atoms with Crippen LogP contribution >= 0.6 is 0 Å². The summed E-state index contributed by atoms with van der Waals surface area (Å²) in [5.41, 5.74) is 0. The van der Waals surface area contributed by atoms with Crippen molar-refractivity contribution >= 4 is 0 Å². The summed E-state index contributed by atoms with van der Waals surface area (Å²) in [7, 11) is 0. The summed E-state index contributed by atoms with van der Waals surface area (Å²) in [6.07, 6.45) is 22.3. The Kier molecular flexibility index (Phi) is 10.6. The largest absolute Gasteiger partial charge is 0.0991 e. The Labute approximate surface area is 88.0 Å². The number of hydrogen-bond acceptors (Lipinski definition) is 0. The molecule has 1 radical (unpaired) electrons. The standard InChI is InChI=1S/C14H19/c1-3-5-7-9-11-13-14-12-10-8-6-4-2/h3-5,7,9-14H,1,6,8H2,2H3/b7-5+,11-9+,12-10+,14-13+. The van der Waals surface area contributed by atoms with Crippen LogP contribution < -0.4 is 0 Å². The van der Waals surface area contributed by atoms with Gasteiger partial charge in [0.1, 0.15) is 0 Å². The minimum absolute atomic E-state index is 1.13. The van der Waals surface area contributed by atoms with Crippen LogP contribution in [0, 0.1) is 6.42 Å². The van der Waals surface area contributed by atoms with Gasteiger partial charge in [-0.3, -0.25) is 0 Å². The first-order chi connectivity index (χ1) is 6.91. The Morgan fingerprint density at radius 3 is 1.93 bits per heavy atom. The molecular formula is C14H19. The molecule has 0 saturated heterocycles. The zero-order chi connectivity index (χ0) is 10.5. The molecule has 0 unspecified atom stereocenters. The van der Waals surface area contributed by atoms with Crippen molar-refractivity contribution in [2.45, 2.75) is 19.8 Å². The second-order valence-electron chi connectivity index (χ2n) is 2.80. The highest BCUT2D eigenvalue weighted by molar-refractivity contribution is 5.17. The first kappa shape index (κ1) is 12.7. The van der Waals surface area contributed by atoms with Crippen LogP contribution in [0.3, 0.4) is 0 Å². The maximum Gasteiger partial charge on any atom is -0.0345 e. The van der Waals surface area contributed by atoms with E-state index in [9.17, 15) is 0 Å². The highest BCUT2D eigenvalue weighted by Crippen LogP contribution is 1.93. The van der Waals surface area contributed by atoms with Gasteiger partial charge in [0.25, 0.3) is 0 Å². The van der Waals surface area contributed by atoms with Gasteiger partial charge in [0.2, 0.25) is 0 Å². The Bertz CT molecular complexity index is 226. The van der Waals surface area contributed by atoms with Crippen LogP contribution in [-0.2, 0) is 0 Å². The molecule has 0 spiro atoms. The zero-order valence-electron chi connectivity index (χ0n) is 8.89. The number of unbranched alkanes of at least 4 members (excludes halogenated alkanes) is 2. The Morgan fingerprint density at radius 2 is 1.36 bits per heavy atom. The Morgan fingerprint density at radius 1 is 0.786 bits per heavy atom. The summed E-state index contributed by atoms with van der Waals surface area (Å²) in [5, 5.41) is 0. The topological polar surface area (TPSA) is 0 Å². The van der Waals surface area contributed by atoms with Crippen LogP contribution in [0.2, 0.25) is 0 Å². The van der Waals surface area contributed by atoms with E-state index in [1.54, 1.807) is 6.08 Å². The molecule has 14 heavy (non-hydrogen) atoms. The van der Waals surface area contributed by atoms with Crippen LogP contribution in [0.5, 0.6) is 0 Å². The van der Waals surface area contributed by atoms with E-state index in [-0.39, 0.29) is 0 Å². The zero-order valence-corrected chi connectivity index (χ0v) is 8.89. The molecule has 0 bridgehead atoms. The highest BCUT2D eigenvalue weighted by atomic mass is 13.8. The average molecular weight is 187 g/mol. The Balaban J connectivity index is 3.52. The average Bonchev–Trinajstić information content (AvgIpc) is 2.21. The number of rotatable bonds is 7. The molecule has 75 valence electrons. The molecule has 0 heteroatoms. The summed E-state index contributed by atoms with van der Waals surface area (Å²) in [4.78, 5) is 0. The molecule has 0 fully saturated rings. The van der Waals surface area contributed by atoms with E-state index in [0.29, 0.717) is 0 Å². The molecule has 0 aromatic heterocycles. The van der Waals surface area contributed by atoms with Crippen LogP contribution in [0.25, 0.3) is 0 Å². The van der Waals surface area contributed by atoms with Gasteiger partial charge in [-0.25, -0.2) is 0 Å². The van der Waals surface area contributed by atoms with Gasteiger partial charge in [-0.15, -0.1) is 0 Å². The molecule has 0 rings (SSSR count). The number of allylic oxidation sites excluding steroid dienone is 9. The quantitative estimate of drug-likeness (QED) is 0.409. The van der Waals surface area contributed by atoms with Gasteiger partial charge in [0, 0.05) is 0 Å². The van der Waals surface area contributed by atoms with E-state index >= 15 is 0 Å². The van der Waals surface area contributed by atoms with Crippen LogP contribution in [0.15, 0.2) is 61.3 Å². The fraction of sp³-hybridized carbons (Fsp3) is 0.214. The summed E-state index contributed by atoms with van der Waals surface area (Å²) < 4.78 is 0. The summed E-state index contributed by atoms with van der Waals surface area (Å²) in [6.45, 7) is 5.67. The van der Waals surface area contributed by atoms with Crippen LogP contribution in [-0.4, -0.2) is 0 Å². The lowest BCUT2D eigenvalue weighted by atomic mass is 10.2. The molecule has 0 saturated carbocycles. The SMILES string of the molecule is C=C/C=C/C=C/C=C/C=C/CC[CH]C. The van der Waals surface area contributed by atoms with Gasteiger partial charge in [-0.05, 0) is 19.3 Å². The van der Waals surface area contributed by atoms with Gasteiger partial charge in [0.15, 0.2) is 0 Å². The van der Waals surface area contributed by atoms with Crippen molar-refractivity contribution in [1.29, 1.82) is 0 Å². The molecule has 0 aliphatic carbocycles. The summed E-state index contributed by atoms with van der Waals surface area (Å²) in [6, 6.07) is 0. The lowest BCUT2D eigenvalue weighted by Crippen LogP contribution is -1.65. The lowest BCUT2D eigenvalue weighted by Gasteiger charge is -1.84. The van der Waals surface area contributed by atoms with E-state index in [2.05, 4.69) is 32.1 Å². The third kappa shape index (κ3) is 10.7. The monoisotopic (exact) mass is 187 g/mol. The van der Waals surface area contributed by atoms with Gasteiger partial charge in [0.05, 0.1) is 0 Å². The molecule has 0 aromatic carbocycles. The van der Waals surface area contributed by atoms with Crippen molar-refractivity contribution in [1.82, 2.24) is 0 Å². The first-order valence-corrected chi connectivity index (χ1v) is 4.97. The summed E-state index contributed by atoms with van der Waals surface area (Å²) >= 11 is 0.